The van der Waals surface area contributed by atoms with Crippen molar-refractivity contribution in [1.29, 1.82) is 0 Å². The molecule has 0 fully saturated rings. The van der Waals surface area contributed by atoms with Crippen molar-refractivity contribution in [2.24, 2.45) is 10.1 Å². The smallest absolute Gasteiger partial charge is 0.270 e. The second kappa shape index (κ2) is 14.1. The first-order valence-corrected chi connectivity index (χ1v) is 15.7. The van der Waals surface area contributed by atoms with E-state index in [0.717, 1.165) is 42.5 Å². The minimum Gasteiger partial charge on any atom is -0.383 e. The number of rotatable bonds is 13. The van der Waals surface area contributed by atoms with E-state index in [9.17, 15) is 26.4 Å². The van der Waals surface area contributed by atoms with Gasteiger partial charge in [0.2, 0.25) is 5.95 Å². The summed E-state index contributed by atoms with van der Waals surface area (Å²) in [6, 6.07) is 2.92. The Labute approximate surface area is 250 Å². The summed E-state index contributed by atoms with van der Waals surface area (Å²) in [5, 5.41) is 5.79. The molecule has 10 nitrogen and oxygen atoms in total. The fourth-order valence-corrected chi connectivity index (χ4v) is 5.28. The van der Waals surface area contributed by atoms with Crippen LogP contribution in [0.2, 0.25) is 0 Å². The Morgan fingerprint density at radius 3 is 2.63 bits per heavy atom. The first kappa shape index (κ1) is 33.7. The van der Waals surface area contributed by atoms with E-state index in [1.807, 2.05) is 6.92 Å². The molecule has 1 aromatic heterocycles. The molecule has 2 atom stereocenters. The van der Waals surface area contributed by atoms with Crippen molar-refractivity contribution >= 4 is 33.4 Å². The highest BCUT2D eigenvalue weighted by molar-refractivity contribution is 7.89. The summed E-state index contributed by atoms with van der Waals surface area (Å²) >= 11 is 0. The van der Waals surface area contributed by atoms with E-state index >= 15 is 0 Å². The van der Waals surface area contributed by atoms with Crippen molar-refractivity contribution in [1.82, 2.24) is 20.2 Å². The van der Waals surface area contributed by atoms with Gasteiger partial charge in [-0.1, -0.05) is 25.5 Å². The number of allylic oxidation sites excluding steroid dienone is 1. The lowest BCUT2D eigenvalue weighted by molar-refractivity contribution is -0.117. The number of anilines is 2. The summed E-state index contributed by atoms with van der Waals surface area (Å²) in [6.45, 7) is 7.50. The van der Waals surface area contributed by atoms with Gasteiger partial charge in [-0.2, -0.15) is 0 Å². The SMILES string of the molecule is C/C=C\C(=C/C(N)=NS(C)(=O)=O)C(=O)N[C@H](C)C[C@@H](CCC)N1Cc2cnc(Nc3cc(F)cc(C(C)(F)F)c3)nc2C1. The Kier molecular flexibility index (Phi) is 11.1. The van der Waals surface area contributed by atoms with Gasteiger partial charge in [0.15, 0.2) is 0 Å². The first-order valence-electron chi connectivity index (χ1n) is 13.8. The zero-order chi connectivity index (χ0) is 31.9. The van der Waals surface area contributed by atoms with Crippen molar-refractivity contribution in [3.05, 3.63) is 70.8 Å². The van der Waals surface area contributed by atoms with Gasteiger partial charge in [-0.25, -0.2) is 31.6 Å². The number of sulfonamides is 1. The third-order valence-electron chi connectivity index (χ3n) is 6.67. The molecule has 0 aliphatic carbocycles. The van der Waals surface area contributed by atoms with E-state index in [-0.39, 0.29) is 35.1 Å². The predicted molar refractivity (Wildman–Crippen MR) is 161 cm³/mol. The van der Waals surface area contributed by atoms with Gasteiger partial charge < -0.3 is 16.4 Å². The summed E-state index contributed by atoms with van der Waals surface area (Å²) in [5.74, 6) is -4.54. The molecule has 43 heavy (non-hydrogen) atoms. The summed E-state index contributed by atoms with van der Waals surface area (Å²) in [5.41, 5.74) is 7.23. The molecule has 0 unspecified atom stereocenters. The van der Waals surface area contributed by atoms with Crippen molar-refractivity contribution in [2.75, 3.05) is 11.6 Å². The molecule has 2 aromatic rings. The summed E-state index contributed by atoms with van der Waals surface area (Å²) < 4.78 is 67.7. The molecule has 1 amide bonds. The number of nitrogens with one attached hydrogen (secondary N) is 2. The van der Waals surface area contributed by atoms with E-state index in [0.29, 0.717) is 26.4 Å². The summed E-state index contributed by atoms with van der Waals surface area (Å²) in [6.07, 6.45) is 9.35. The quantitative estimate of drug-likeness (QED) is 0.127. The molecule has 0 saturated heterocycles. The molecular weight excluding hydrogens is 583 g/mol. The second-order valence-corrected chi connectivity index (χ2v) is 12.4. The maximum absolute atomic E-state index is 14.0. The number of hydrogen-bond donors (Lipinski definition) is 3. The van der Waals surface area contributed by atoms with E-state index in [4.69, 9.17) is 5.73 Å². The van der Waals surface area contributed by atoms with Gasteiger partial charge in [0.25, 0.3) is 21.9 Å². The minimum absolute atomic E-state index is 0.0921. The van der Waals surface area contributed by atoms with Gasteiger partial charge in [-0.3, -0.25) is 9.69 Å². The number of nitrogens with zero attached hydrogens (tertiary/aromatic N) is 4. The van der Waals surface area contributed by atoms with E-state index in [2.05, 4.69) is 36.8 Å². The van der Waals surface area contributed by atoms with Crippen LogP contribution in [0.5, 0.6) is 0 Å². The van der Waals surface area contributed by atoms with Gasteiger partial charge in [0, 0.05) is 60.7 Å². The number of carbonyl (C=O) groups excluding carboxylic acids is 1. The van der Waals surface area contributed by atoms with Crippen LogP contribution in [0.3, 0.4) is 0 Å². The Morgan fingerprint density at radius 2 is 2.00 bits per heavy atom. The molecular formula is C29H38F3N7O3S. The number of benzene rings is 1. The second-order valence-electron chi connectivity index (χ2n) is 10.7. The van der Waals surface area contributed by atoms with Crippen LogP contribution < -0.4 is 16.4 Å². The Morgan fingerprint density at radius 1 is 1.28 bits per heavy atom. The zero-order valence-electron chi connectivity index (χ0n) is 24.9. The molecule has 1 aromatic carbocycles. The molecule has 0 saturated carbocycles. The van der Waals surface area contributed by atoms with Gasteiger partial charge in [-0.05, 0) is 51.0 Å². The van der Waals surface area contributed by atoms with Crippen molar-refractivity contribution in [2.45, 2.75) is 78.1 Å². The molecule has 0 radical (unpaired) electrons. The fraction of sp³-hybridized carbons (Fsp3) is 0.448. The molecule has 2 heterocycles. The molecule has 4 N–H and O–H groups in total. The van der Waals surface area contributed by atoms with Crippen LogP contribution in [-0.4, -0.2) is 53.4 Å². The van der Waals surface area contributed by atoms with Crippen LogP contribution in [0.1, 0.15) is 63.8 Å². The van der Waals surface area contributed by atoms with Crippen LogP contribution in [0.15, 0.2) is 52.6 Å². The molecule has 14 heteroatoms. The molecule has 3 rings (SSSR count). The third kappa shape index (κ3) is 10.2. The zero-order valence-corrected chi connectivity index (χ0v) is 25.7. The molecule has 234 valence electrons. The standard InChI is InChI=1S/C29H38F3N7O3S/c1-6-8-19(11-26(33)38-43(5,41)42)27(40)35-18(3)10-24(9-7-2)39-16-20-15-34-28(37-25(20)17-39)36-23-13-21(29(4,31)32)12-22(30)14-23/h6,8,11-15,18,24H,7,9-10,16-17H2,1-5H3,(H2,33,38)(H,35,40)(H,34,36,37)/b8-6-,19-11+/t18-,24-/m1/s1. The number of nitrogens with two attached hydrogens (primary N) is 1. The van der Waals surface area contributed by atoms with E-state index < -0.39 is 33.2 Å². The molecule has 1 aliphatic heterocycles. The number of fused-ring (bicyclic) bond motifs is 1. The van der Waals surface area contributed by atoms with Gasteiger partial charge in [0.05, 0.1) is 11.9 Å². The average Bonchev–Trinajstić information content (AvgIpc) is 3.29. The number of hydrogen-bond acceptors (Lipinski definition) is 7. The average molecular weight is 622 g/mol. The maximum Gasteiger partial charge on any atom is 0.270 e. The third-order valence-corrected chi connectivity index (χ3v) is 7.21. The van der Waals surface area contributed by atoms with Crippen LogP contribution in [0.4, 0.5) is 24.8 Å². The van der Waals surface area contributed by atoms with Gasteiger partial charge >= 0.3 is 0 Å². The Bertz CT molecular complexity index is 1520. The fourth-order valence-electron chi connectivity index (χ4n) is 4.84. The van der Waals surface area contributed by atoms with Crippen molar-refractivity contribution < 1.29 is 26.4 Å². The van der Waals surface area contributed by atoms with Crippen molar-refractivity contribution in [3.63, 3.8) is 0 Å². The van der Waals surface area contributed by atoms with E-state index in [1.165, 1.54) is 18.2 Å². The summed E-state index contributed by atoms with van der Waals surface area (Å²) in [7, 11) is -3.71. The first-order chi connectivity index (χ1) is 20.1. The topological polar surface area (TPSA) is 143 Å². The van der Waals surface area contributed by atoms with Crippen LogP contribution >= 0.6 is 0 Å². The molecule has 0 bridgehead atoms. The molecule has 0 spiro atoms. The highest BCUT2D eigenvalue weighted by Crippen LogP contribution is 2.31. The number of halogens is 3. The van der Waals surface area contributed by atoms with Crippen LogP contribution in [0, 0.1) is 5.82 Å². The maximum atomic E-state index is 14.0. The molecule has 1 aliphatic rings. The number of aromatic nitrogens is 2. The number of amidine groups is 1. The lowest BCUT2D eigenvalue weighted by atomic mass is 10.0. The highest BCUT2D eigenvalue weighted by Gasteiger charge is 2.29. The monoisotopic (exact) mass is 621 g/mol. The van der Waals surface area contributed by atoms with Crippen LogP contribution in [-0.2, 0) is 33.8 Å². The Balaban J connectivity index is 1.70. The largest absolute Gasteiger partial charge is 0.383 e. The number of amides is 1. The van der Waals surface area contributed by atoms with Crippen LogP contribution in [0.25, 0.3) is 0 Å². The van der Waals surface area contributed by atoms with E-state index in [1.54, 1.807) is 19.2 Å². The number of carbonyl (C=O) groups is 1. The van der Waals surface area contributed by atoms with Gasteiger partial charge in [0.1, 0.15) is 11.7 Å². The van der Waals surface area contributed by atoms with Crippen molar-refractivity contribution in [3.8, 4) is 0 Å². The Hall–Kier alpha value is -3.78. The lowest BCUT2D eigenvalue weighted by Gasteiger charge is -2.30. The predicted octanol–water partition coefficient (Wildman–Crippen LogP) is 4.67. The van der Waals surface area contributed by atoms with Gasteiger partial charge in [-0.15, -0.1) is 4.40 Å². The minimum atomic E-state index is -3.71. The normalized spacial score (nSPS) is 16.3. The number of alkyl halides is 2. The summed E-state index contributed by atoms with van der Waals surface area (Å²) in [4.78, 5) is 24.1. The highest BCUT2D eigenvalue weighted by atomic mass is 32.2. The lowest BCUT2D eigenvalue weighted by Crippen LogP contribution is -2.40.